The van der Waals surface area contributed by atoms with Crippen LogP contribution in [0, 0.1) is 6.92 Å². The first kappa shape index (κ1) is 21.8. The van der Waals surface area contributed by atoms with Gasteiger partial charge in [-0.1, -0.05) is 19.1 Å². The second-order valence-corrected chi connectivity index (χ2v) is 8.25. The highest BCUT2D eigenvalue weighted by atomic mass is 127. The zero-order valence-corrected chi connectivity index (χ0v) is 18.1. The quantitative estimate of drug-likeness (QED) is 0.324. The zero-order chi connectivity index (χ0) is 17.6. The molecule has 0 spiro atoms. The molecular weight excluding hydrogens is 451 g/mol. The highest BCUT2D eigenvalue weighted by Crippen LogP contribution is 2.19. The van der Waals surface area contributed by atoms with Gasteiger partial charge in [0.25, 0.3) is 0 Å². The highest BCUT2D eigenvalue weighted by molar-refractivity contribution is 14.0. The molecule has 0 saturated heterocycles. The standard InChI is InChI=1S/C17H26N4O2S.HI/c1-4-24(22,23)10-9-20-17(18-3)19-8-7-14-12-21-16-11-13(2)5-6-15(14)16;/h5-6,11-12,21H,4,7-10H2,1-3H3,(H2,18,19,20);1H. The lowest BCUT2D eigenvalue weighted by atomic mass is 10.1. The van der Waals surface area contributed by atoms with Crippen LogP contribution in [0.2, 0.25) is 0 Å². The molecular formula is C17H27IN4O2S. The van der Waals surface area contributed by atoms with Crippen LogP contribution in [0.5, 0.6) is 0 Å². The van der Waals surface area contributed by atoms with Crippen LogP contribution in [0.4, 0.5) is 0 Å². The molecule has 3 N–H and O–H groups in total. The van der Waals surface area contributed by atoms with Crippen molar-refractivity contribution in [2.45, 2.75) is 20.3 Å². The van der Waals surface area contributed by atoms with Crippen LogP contribution in [-0.4, -0.2) is 51.0 Å². The Bertz CT molecular complexity index is 815. The van der Waals surface area contributed by atoms with E-state index in [1.54, 1.807) is 14.0 Å². The summed E-state index contributed by atoms with van der Waals surface area (Å²) in [5.41, 5.74) is 3.64. The van der Waals surface area contributed by atoms with E-state index in [0.717, 1.165) is 18.5 Å². The van der Waals surface area contributed by atoms with Gasteiger partial charge in [0.2, 0.25) is 0 Å². The van der Waals surface area contributed by atoms with Crippen molar-refractivity contribution < 1.29 is 8.42 Å². The fourth-order valence-electron chi connectivity index (χ4n) is 2.51. The van der Waals surface area contributed by atoms with Crippen molar-refractivity contribution in [3.8, 4) is 0 Å². The molecule has 0 aliphatic rings. The van der Waals surface area contributed by atoms with E-state index >= 15 is 0 Å². The van der Waals surface area contributed by atoms with E-state index in [2.05, 4.69) is 45.7 Å². The Morgan fingerprint density at radius 3 is 2.64 bits per heavy atom. The summed E-state index contributed by atoms with van der Waals surface area (Å²) in [7, 11) is -1.28. The van der Waals surface area contributed by atoms with Gasteiger partial charge in [0.1, 0.15) is 0 Å². The average Bonchev–Trinajstić information content (AvgIpc) is 2.95. The number of nitrogens with one attached hydrogen (secondary N) is 3. The summed E-state index contributed by atoms with van der Waals surface area (Å²) >= 11 is 0. The van der Waals surface area contributed by atoms with E-state index in [-0.39, 0.29) is 35.5 Å². The molecule has 0 amide bonds. The second kappa shape index (κ2) is 10.0. The van der Waals surface area contributed by atoms with Gasteiger partial charge in [-0.15, -0.1) is 24.0 Å². The van der Waals surface area contributed by atoms with Crippen LogP contribution in [-0.2, 0) is 16.3 Å². The number of rotatable bonds is 7. The van der Waals surface area contributed by atoms with Crippen molar-refractivity contribution >= 4 is 50.7 Å². The third-order valence-electron chi connectivity index (χ3n) is 3.98. The molecule has 2 aromatic rings. The normalized spacial score (nSPS) is 12.0. The van der Waals surface area contributed by atoms with Crippen molar-refractivity contribution in [3.63, 3.8) is 0 Å². The van der Waals surface area contributed by atoms with Gasteiger partial charge in [0.15, 0.2) is 15.8 Å². The molecule has 6 nitrogen and oxygen atoms in total. The van der Waals surface area contributed by atoms with E-state index in [1.807, 2.05) is 6.20 Å². The first-order valence-corrected chi connectivity index (χ1v) is 9.99. The maximum atomic E-state index is 11.5. The molecule has 0 aliphatic heterocycles. The summed E-state index contributed by atoms with van der Waals surface area (Å²) in [6, 6.07) is 6.39. The van der Waals surface area contributed by atoms with Crippen molar-refractivity contribution in [1.29, 1.82) is 0 Å². The van der Waals surface area contributed by atoms with Gasteiger partial charge in [-0.05, 0) is 30.5 Å². The molecule has 1 aromatic carbocycles. The number of H-pyrrole nitrogens is 1. The maximum absolute atomic E-state index is 11.5. The van der Waals surface area contributed by atoms with Gasteiger partial charge in [0, 0.05) is 43.0 Å². The summed E-state index contributed by atoms with van der Waals surface area (Å²) < 4.78 is 23.0. The molecule has 0 bridgehead atoms. The third-order valence-corrected chi connectivity index (χ3v) is 5.68. The lowest BCUT2D eigenvalue weighted by molar-refractivity contribution is 0.595. The number of hydrogen-bond acceptors (Lipinski definition) is 3. The lowest BCUT2D eigenvalue weighted by Gasteiger charge is -2.11. The Kier molecular flexibility index (Phi) is 8.70. The van der Waals surface area contributed by atoms with E-state index in [0.29, 0.717) is 12.5 Å². The van der Waals surface area contributed by atoms with Crippen molar-refractivity contribution in [2.24, 2.45) is 4.99 Å². The number of nitrogens with zero attached hydrogens (tertiary/aromatic N) is 1. The fourth-order valence-corrected chi connectivity index (χ4v) is 3.21. The van der Waals surface area contributed by atoms with Crippen molar-refractivity contribution in [1.82, 2.24) is 15.6 Å². The van der Waals surface area contributed by atoms with Crippen molar-refractivity contribution in [2.75, 3.05) is 31.6 Å². The molecule has 8 heteroatoms. The molecule has 0 fully saturated rings. The number of aromatic nitrogens is 1. The fraction of sp³-hybridized carbons (Fsp3) is 0.471. The summed E-state index contributed by atoms with van der Waals surface area (Å²) in [4.78, 5) is 7.42. The van der Waals surface area contributed by atoms with Crippen molar-refractivity contribution in [3.05, 3.63) is 35.5 Å². The topological polar surface area (TPSA) is 86.3 Å². The largest absolute Gasteiger partial charge is 0.361 e. The van der Waals surface area contributed by atoms with Gasteiger partial charge < -0.3 is 15.6 Å². The van der Waals surface area contributed by atoms with Gasteiger partial charge in [0.05, 0.1) is 5.75 Å². The van der Waals surface area contributed by atoms with Crippen LogP contribution >= 0.6 is 24.0 Å². The SMILES string of the molecule is CCS(=O)(=O)CCNC(=NC)NCCc1c[nH]c2cc(C)ccc12.I. The summed E-state index contributed by atoms with van der Waals surface area (Å²) in [6.45, 7) is 4.82. The minimum absolute atomic E-state index is 0. The molecule has 0 unspecified atom stereocenters. The van der Waals surface area contributed by atoms with Gasteiger partial charge in [-0.2, -0.15) is 0 Å². The first-order valence-electron chi connectivity index (χ1n) is 8.16. The zero-order valence-electron chi connectivity index (χ0n) is 14.9. The Hall–Kier alpha value is -1.29. The number of guanidine groups is 1. The molecule has 1 aromatic heterocycles. The Balaban J connectivity index is 0.00000312. The molecule has 25 heavy (non-hydrogen) atoms. The molecule has 1 heterocycles. The second-order valence-electron chi connectivity index (χ2n) is 5.78. The van der Waals surface area contributed by atoms with E-state index in [1.165, 1.54) is 16.5 Å². The molecule has 0 radical (unpaired) electrons. The number of benzene rings is 1. The van der Waals surface area contributed by atoms with Crippen LogP contribution in [0.3, 0.4) is 0 Å². The van der Waals surface area contributed by atoms with Crippen LogP contribution in [0.15, 0.2) is 29.4 Å². The Labute approximate surface area is 166 Å². The molecule has 0 atom stereocenters. The van der Waals surface area contributed by atoms with Crippen LogP contribution < -0.4 is 10.6 Å². The molecule has 0 aliphatic carbocycles. The summed E-state index contributed by atoms with van der Waals surface area (Å²) in [6.07, 6.45) is 2.90. The lowest BCUT2D eigenvalue weighted by Crippen LogP contribution is -2.40. The number of aryl methyl sites for hydroxylation is 1. The number of aliphatic imine (C=N–C) groups is 1. The maximum Gasteiger partial charge on any atom is 0.191 e. The van der Waals surface area contributed by atoms with Crippen LogP contribution in [0.25, 0.3) is 10.9 Å². The van der Waals surface area contributed by atoms with Gasteiger partial charge in [-0.3, -0.25) is 4.99 Å². The predicted molar refractivity (Wildman–Crippen MR) is 116 cm³/mol. The number of hydrogen-bond donors (Lipinski definition) is 3. The van der Waals surface area contributed by atoms with Gasteiger partial charge >= 0.3 is 0 Å². The Morgan fingerprint density at radius 1 is 1.24 bits per heavy atom. The Morgan fingerprint density at radius 2 is 1.96 bits per heavy atom. The third kappa shape index (κ3) is 6.50. The van der Waals surface area contributed by atoms with E-state index < -0.39 is 9.84 Å². The number of fused-ring (bicyclic) bond motifs is 1. The smallest absolute Gasteiger partial charge is 0.191 e. The monoisotopic (exact) mass is 478 g/mol. The molecule has 2 rings (SSSR count). The number of aromatic amines is 1. The van der Waals surface area contributed by atoms with E-state index in [4.69, 9.17) is 0 Å². The first-order chi connectivity index (χ1) is 11.4. The number of halogens is 1. The predicted octanol–water partition coefficient (Wildman–Crippen LogP) is 2.24. The minimum atomic E-state index is -2.96. The molecule has 0 saturated carbocycles. The van der Waals surface area contributed by atoms with Gasteiger partial charge in [-0.25, -0.2) is 8.42 Å². The molecule has 140 valence electrons. The summed E-state index contributed by atoms with van der Waals surface area (Å²) in [5, 5.41) is 7.49. The minimum Gasteiger partial charge on any atom is -0.361 e. The average molecular weight is 478 g/mol. The highest BCUT2D eigenvalue weighted by Gasteiger charge is 2.08. The van der Waals surface area contributed by atoms with E-state index in [9.17, 15) is 8.42 Å². The number of sulfone groups is 1. The van der Waals surface area contributed by atoms with Crippen LogP contribution in [0.1, 0.15) is 18.1 Å². The summed E-state index contributed by atoms with van der Waals surface area (Å²) in [5.74, 6) is 0.907.